The fraction of sp³-hybridized carbons (Fsp3) is 0.833. The molecule has 0 fully saturated rings. The Labute approximate surface area is 128 Å². The maximum atomic E-state index is 11.1. The Morgan fingerprint density at radius 3 is 1.81 bits per heavy atom. The van der Waals surface area contributed by atoms with Gasteiger partial charge in [0.2, 0.25) is 0 Å². The number of Topliss-reactive ketones (excluding diaryl/α,β-unsaturated/α-hetero) is 1. The van der Waals surface area contributed by atoms with Crippen LogP contribution in [-0.4, -0.2) is 52.6 Å². The second-order valence-corrected chi connectivity index (χ2v) is 5.74. The van der Waals surface area contributed by atoms with Crippen molar-refractivity contribution in [3.8, 4) is 0 Å². The summed E-state index contributed by atoms with van der Waals surface area (Å²) in [6.45, 7) is -2.63. The zero-order valence-corrected chi connectivity index (χ0v) is 12.6. The Balaban J connectivity index is 0. The number of ketones is 1. The summed E-state index contributed by atoms with van der Waals surface area (Å²) >= 11 is 0. The maximum absolute atomic E-state index is 11.1. The molecule has 0 radical (unpaired) electrons. The molecule has 0 amide bonds. The molecule has 0 bridgehead atoms. The Morgan fingerprint density at radius 2 is 1.43 bits per heavy atom. The van der Waals surface area contributed by atoms with Gasteiger partial charge >= 0.3 is 16.5 Å². The largest absolute Gasteiger partial charge is 4.00 e. The van der Waals surface area contributed by atoms with Crippen molar-refractivity contribution in [1.82, 2.24) is 0 Å². The van der Waals surface area contributed by atoms with Crippen molar-refractivity contribution < 1.29 is 74.4 Å². The van der Waals surface area contributed by atoms with E-state index in [4.69, 9.17) is 10.2 Å². The molecule has 0 aliphatic carbocycles. The molecule has 0 aromatic rings. The average molecular weight is 395 g/mol. The fourth-order valence-corrected chi connectivity index (χ4v) is 1.52. The van der Waals surface area contributed by atoms with E-state index in [1.54, 1.807) is 0 Å². The number of aliphatic hydroxyl groups excluding tert-OH is 3. The first-order valence-corrected chi connectivity index (χ1v) is 7.65. The van der Waals surface area contributed by atoms with E-state index in [2.05, 4.69) is 9.05 Å². The Kier molecular flexibility index (Phi) is 10.5. The van der Waals surface area contributed by atoms with Gasteiger partial charge in [-0.1, -0.05) is 0 Å². The quantitative estimate of drug-likeness (QED) is 0.245. The van der Waals surface area contributed by atoms with Crippen LogP contribution < -0.4 is 19.6 Å². The van der Waals surface area contributed by atoms with Gasteiger partial charge in [0.05, 0.1) is 22.3 Å². The second-order valence-electron chi connectivity index (χ2n) is 3.43. The van der Waals surface area contributed by atoms with E-state index in [0.29, 0.717) is 0 Å². The molecule has 3 atom stereocenters. The minimum absolute atomic E-state index is 0. The molecule has 0 spiro atoms. The zero-order chi connectivity index (χ0) is 16.1. The zero-order valence-electron chi connectivity index (χ0n) is 9.87. The molecule has 0 aromatic heterocycles. The smallest absolute Gasteiger partial charge is 0.790 e. The van der Waals surface area contributed by atoms with E-state index >= 15 is 0 Å². The third kappa shape index (κ3) is 11.5. The summed E-state index contributed by atoms with van der Waals surface area (Å²) in [5.74, 6) is -1.48. The van der Waals surface area contributed by atoms with Crippen LogP contribution in [0.5, 0.6) is 0 Å². The number of carbonyl (C=O) groups excluding carboxylic acids is 1. The van der Waals surface area contributed by atoms with E-state index in [9.17, 15) is 38.6 Å². The minimum atomic E-state index is -5.47. The van der Waals surface area contributed by atoms with E-state index in [1.165, 1.54) is 0 Å². The Bertz CT molecular complexity index is 416. The summed E-state index contributed by atoms with van der Waals surface area (Å²) < 4.78 is 27.3. The molecule has 0 saturated heterocycles. The molecule has 0 saturated carbocycles. The van der Waals surface area contributed by atoms with Gasteiger partial charge in [-0.05, 0) is 0 Å². The third-order valence-electron chi connectivity index (χ3n) is 1.82. The molecule has 0 heterocycles. The van der Waals surface area contributed by atoms with Crippen LogP contribution in [0.25, 0.3) is 0 Å². The van der Waals surface area contributed by atoms with E-state index in [-0.39, 0.29) is 16.5 Å². The van der Waals surface area contributed by atoms with Crippen molar-refractivity contribution in [2.75, 3.05) is 13.2 Å². The van der Waals surface area contributed by atoms with Gasteiger partial charge in [0.1, 0.15) is 24.9 Å². The summed E-state index contributed by atoms with van der Waals surface area (Å²) in [4.78, 5) is 51.4. The van der Waals surface area contributed by atoms with Gasteiger partial charge in [0, 0.05) is 0 Å². The monoisotopic (exact) mass is 394 g/mol. The topological polar surface area (TPSA) is 223 Å². The summed E-state index contributed by atoms with van der Waals surface area (Å²) in [7, 11) is -10.9. The third-order valence-corrected chi connectivity index (χ3v) is 2.73. The van der Waals surface area contributed by atoms with Crippen molar-refractivity contribution in [3.63, 3.8) is 0 Å². The molecular formula is C6H10NiO12P2. The maximum Gasteiger partial charge on any atom is 4.00 e. The molecule has 0 aromatic carbocycles. The van der Waals surface area contributed by atoms with Crippen LogP contribution in [-0.2, 0) is 39.5 Å². The number of hydrogen-bond donors (Lipinski definition) is 3. The van der Waals surface area contributed by atoms with Gasteiger partial charge in [-0.3, -0.25) is 4.79 Å². The van der Waals surface area contributed by atoms with E-state index < -0.39 is 53.0 Å². The normalized spacial score (nSPS) is 16.7. The van der Waals surface area contributed by atoms with Gasteiger partial charge < -0.3 is 53.1 Å². The molecule has 15 heteroatoms. The van der Waals surface area contributed by atoms with Crippen LogP contribution in [0.3, 0.4) is 0 Å². The minimum Gasteiger partial charge on any atom is -0.790 e. The van der Waals surface area contributed by atoms with Crippen LogP contribution in [0, 0.1) is 0 Å². The molecule has 0 aliphatic heterocycles. The molecule has 0 aliphatic rings. The van der Waals surface area contributed by atoms with Crippen molar-refractivity contribution in [1.29, 1.82) is 0 Å². The number of rotatable bonds is 9. The average Bonchev–Trinajstić information content (AvgIpc) is 2.29. The van der Waals surface area contributed by atoms with Crippen molar-refractivity contribution in [2.45, 2.75) is 18.3 Å². The molecule has 12 nitrogen and oxygen atoms in total. The molecular weight excluding hydrogens is 385 g/mol. The second kappa shape index (κ2) is 9.41. The molecule has 3 unspecified atom stereocenters. The predicted octanol–water partition coefficient (Wildman–Crippen LogP) is -5.67. The number of hydrogen-bond acceptors (Lipinski definition) is 12. The van der Waals surface area contributed by atoms with Crippen LogP contribution in [0.2, 0.25) is 0 Å². The standard InChI is InChI=1S/C6H14O12P2.Ni/c7-3(1-17-19(11,12)13)5(9)6(10)4(8)2-18-20(14,15)16;/h3,5-7,9-10H,1-2H2,(H2,11,12,13)(H2,14,15,16);/q;+4/p-4. The number of phosphoric acid groups is 2. The van der Waals surface area contributed by atoms with Crippen LogP contribution in [0.1, 0.15) is 0 Å². The Morgan fingerprint density at radius 1 is 1.00 bits per heavy atom. The summed E-state index contributed by atoms with van der Waals surface area (Å²) in [5, 5.41) is 27.5. The number of aliphatic hydroxyl groups is 3. The van der Waals surface area contributed by atoms with Gasteiger partial charge in [0.25, 0.3) is 0 Å². The first-order chi connectivity index (χ1) is 8.83. The van der Waals surface area contributed by atoms with Gasteiger partial charge in [0.15, 0.2) is 5.78 Å². The van der Waals surface area contributed by atoms with Crippen LogP contribution in [0.15, 0.2) is 0 Å². The SMILES string of the molecule is O=C(COP(=O)([O-])[O-])C(O)C(O)C(O)COP(=O)([O-])[O-].[Ni+4]. The molecule has 126 valence electrons. The fourth-order valence-electron chi connectivity index (χ4n) is 0.895. The molecule has 3 N–H and O–H groups in total. The van der Waals surface area contributed by atoms with Crippen LogP contribution >= 0.6 is 15.6 Å². The summed E-state index contributed by atoms with van der Waals surface area (Å²) in [6.07, 6.45) is -6.83. The van der Waals surface area contributed by atoms with Crippen molar-refractivity contribution in [3.05, 3.63) is 0 Å². The molecule has 0 rings (SSSR count). The molecule has 21 heavy (non-hydrogen) atoms. The number of carbonyl (C=O) groups is 1. The van der Waals surface area contributed by atoms with E-state index in [1.807, 2.05) is 0 Å². The number of phosphoric ester groups is 2. The first-order valence-electron chi connectivity index (χ1n) is 4.73. The first kappa shape index (κ1) is 23.5. The van der Waals surface area contributed by atoms with Crippen molar-refractivity contribution in [2.24, 2.45) is 0 Å². The summed E-state index contributed by atoms with van der Waals surface area (Å²) in [6, 6.07) is 0. The summed E-state index contributed by atoms with van der Waals surface area (Å²) in [5.41, 5.74) is 0. The predicted molar refractivity (Wildman–Crippen MR) is 50.1 cm³/mol. The van der Waals surface area contributed by atoms with Gasteiger partial charge in [-0.2, -0.15) is 0 Å². The van der Waals surface area contributed by atoms with E-state index in [0.717, 1.165) is 0 Å². The Hall–Kier alpha value is 0.264. The van der Waals surface area contributed by atoms with Crippen LogP contribution in [0.4, 0.5) is 0 Å². The van der Waals surface area contributed by atoms with Gasteiger partial charge in [-0.15, -0.1) is 0 Å². The van der Waals surface area contributed by atoms with Crippen molar-refractivity contribution >= 4 is 21.4 Å². The van der Waals surface area contributed by atoms with Gasteiger partial charge in [-0.25, -0.2) is 0 Å².